The van der Waals surface area contributed by atoms with Crippen molar-refractivity contribution >= 4 is 40.0 Å². The van der Waals surface area contributed by atoms with Crippen molar-refractivity contribution in [1.82, 2.24) is 4.90 Å². The maximum Gasteiger partial charge on any atom is 0.341 e. The molecule has 0 spiro atoms. The van der Waals surface area contributed by atoms with Gasteiger partial charge in [0.15, 0.2) is 0 Å². The first-order chi connectivity index (χ1) is 13.9. The van der Waals surface area contributed by atoms with Crippen molar-refractivity contribution in [3.63, 3.8) is 0 Å². The molecular formula is C20H21N3O5S. The van der Waals surface area contributed by atoms with E-state index in [0.717, 1.165) is 36.5 Å². The molecule has 2 aromatic rings. The number of nitro groups is 1. The van der Waals surface area contributed by atoms with E-state index in [4.69, 9.17) is 4.74 Å². The molecule has 0 radical (unpaired) electrons. The highest BCUT2D eigenvalue weighted by atomic mass is 32.1. The van der Waals surface area contributed by atoms with Crippen LogP contribution >= 0.6 is 11.3 Å². The molecule has 2 heterocycles. The Labute approximate surface area is 171 Å². The van der Waals surface area contributed by atoms with Gasteiger partial charge in [-0.1, -0.05) is 6.92 Å². The minimum atomic E-state index is -0.479. The first kappa shape index (κ1) is 20.7. The largest absolute Gasteiger partial charge is 0.465 e. The number of thiophene rings is 1. The second kappa shape index (κ2) is 8.97. The van der Waals surface area contributed by atoms with Crippen LogP contribution in [0.25, 0.3) is 6.08 Å². The number of amides is 1. The van der Waals surface area contributed by atoms with E-state index >= 15 is 0 Å². The number of likely N-dealkylation sites (N-methyl/N-ethyl adjacent to an activating group) is 1. The Morgan fingerprint density at radius 3 is 2.69 bits per heavy atom. The second-order valence-electron chi connectivity index (χ2n) is 6.49. The van der Waals surface area contributed by atoms with Gasteiger partial charge in [-0.25, -0.2) is 4.79 Å². The van der Waals surface area contributed by atoms with Crippen LogP contribution in [0.3, 0.4) is 0 Å². The third-order valence-electron chi connectivity index (χ3n) is 4.74. The molecule has 0 aliphatic carbocycles. The lowest BCUT2D eigenvalue weighted by Gasteiger charge is -2.25. The zero-order chi connectivity index (χ0) is 21.0. The molecule has 9 heteroatoms. The Kier molecular flexibility index (Phi) is 6.40. The van der Waals surface area contributed by atoms with Gasteiger partial charge in [-0.05, 0) is 42.3 Å². The molecule has 0 bridgehead atoms. The fourth-order valence-corrected chi connectivity index (χ4v) is 4.45. The fraction of sp³-hybridized carbons (Fsp3) is 0.300. The Bertz CT molecular complexity index is 965. The number of carbonyl (C=O) groups is 2. The van der Waals surface area contributed by atoms with E-state index in [1.54, 1.807) is 18.2 Å². The van der Waals surface area contributed by atoms with Crippen molar-refractivity contribution in [2.75, 3.05) is 25.5 Å². The number of hydrogen-bond donors (Lipinski definition) is 1. The van der Waals surface area contributed by atoms with Gasteiger partial charge in [0, 0.05) is 36.2 Å². The molecule has 1 aliphatic heterocycles. The van der Waals surface area contributed by atoms with Gasteiger partial charge in [0.25, 0.3) is 5.69 Å². The molecule has 29 heavy (non-hydrogen) atoms. The number of ether oxygens (including phenoxy) is 1. The van der Waals surface area contributed by atoms with Crippen LogP contribution in [0.4, 0.5) is 10.7 Å². The van der Waals surface area contributed by atoms with E-state index in [-0.39, 0.29) is 11.6 Å². The van der Waals surface area contributed by atoms with Gasteiger partial charge < -0.3 is 10.1 Å². The van der Waals surface area contributed by atoms with Crippen LogP contribution < -0.4 is 5.32 Å². The summed E-state index contributed by atoms with van der Waals surface area (Å²) >= 11 is 1.40. The van der Waals surface area contributed by atoms with Crippen molar-refractivity contribution in [3.8, 4) is 0 Å². The standard InChI is InChI=1S/C20H21N3O5S/c1-3-22-11-10-15-16(12-22)29-19(18(15)20(25)28-2)21-17(24)9-6-13-4-7-14(8-5-13)23(26)27/h4-9H,3,10-12H2,1-2H3,(H,21,24). The van der Waals surface area contributed by atoms with Crippen LogP contribution in [0.5, 0.6) is 0 Å². The summed E-state index contributed by atoms with van der Waals surface area (Å²) in [6.45, 7) is 4.61. The summed E-state index contributed by atoms with van der Waals surface area (Å²) in [5.41, 5.74) is 2.02. The first-order valence-corrected chi connectivity index (χ1v) is 9.93. The van der Waals surface area contributed by atoms with Crippen molar-refractivity contribution in [2.24, 2.45) is 0 Å². The van der Waals surface area contributed by atoms with Crippen molar-refractivity contribution in [2.45, 2.75) is 19.9 Å². The fourth-order valence-electron chi connectivity index (χ4n) is 3.16. The van der Waals surface area contributed by atoms with Gasteiger partial charge in [-0.2, -0.15) is 0 Å². The van der Waals surface area contributed by atoms with Crippen molar-refractivity contribution in [1.29, 1.82) is 0 Å². The molecule has 0 atom stereocenters. The molecular weight excluding hydrogens is 394 g/mol. The average Bonchev–Trinajstić information content (AvgIpc) is 3.08. The number of non-ortho nitro benzene ring substituents is 1. The molecule has 0 saturated carbocycles. The highest BCUT2D eigenvalue weighted by Crippen LogP contribution is 2.37. The molecule has 1 aromatic heterocycles. The van der Waals surface area contributed by atoms with Crippen LogP contribution in [0.2, 0.25) is 0 Å². The molecule has 152 valence electrons. The van der Waals surface area contributed by atoms with Crippen LogP contribution in [0.1, 0.15) is 33.3 Å². The molecule has 1 N–H and O–H groups in total. The molecule has 1 aromatic carbocycles. The number of carbonyl (C=O) groups excluding carboxylic acids is 2. The highest BCUT2D eigenvalue weighted by molar-refractivity contribution is 7.17. The van der Waals surface area contributed by atoms with E-state index in [2.05, 4.69) is 17.1 Å². The Hall–Kier alpha value is -3.04. The highest BCUT2D eigenvalue weighted by Gasteiger charge is 2.28. The summed E-state index contributed by atoms with van der Waals surface area (Å²) in [5.74, 6) is -0.846. The van der Waals surface area contributed by atoms with Crippen molar-refractivity contribution < 1.29 is 19.2 Å². The number of esters is 1. The Morgan fingerprint density at radius 2 is 2.07 bits per heavy atom. The van der Waals surface area contributed by atoms with Crippen molar-refractivity contribution in [3.05, 3.63) is 62.0 Å². The molecule has 3 rings (SSSR count). The van der Waals surface area contributed by atoms with Crippen LogP contribution in [-0.4, -0.2) is 41.9 Å². The number of rotatable bonds is 6. The molecule has 8 nitrogen and oxygen atoms in total. The Balaban J connectivity index is 1.78. The van der Waals surface area contributed by atoms with E-state index in [1.807, 2.05) is 0 Å². The number of hydrogen-bond acceptors (Lipinski definition) is 7. The van der Waals surface area contributed by atoms with E-state index in [1.165, 1.54) is 36.7 Å². The van der Waals surface area contributed by atoms with Crippen LogP contribution in [0, 0.1) is 10.1 Å². The third kappa shape index (κ3) is 4.69. The van der Waals surface area contributed by atoms with Crippen LogP contribution in [0.15, 0.2) is 30.3 Å². The van der Waals surface area contributed by atoms with E-state index in [0.29, 0.717) is 16.1 Å². The van der Waals surface area contributed by atoms with E-state index < -0.39 is 10.9 Å². The lowest BCUT2D eigenvalue weighted by atomic mass is 10.0. The molecule has 0 fully saturated rings. The monoisotopic (exact) mass is 415 g/mol. The SMILES string of the molecule is CCN1CCc2c(sc(NC(=O)C=Cc3ccc([N+](=O)[O-])cc3)c2C(=O)OC)C1. The number of benzene rings is 1. The molecule has 1 amide bonds. The smallest absolute Gasteiger partial charge is 0.341 e. The average molecular weight is 415 g/mol. The topological polar surface area (TPSA) is 102 Å². The molecule has 0 saturated heterocycles. The quantitative estimate of drug-likeness (QED) is 0.335. The van der Waals surface area contributed by atoms with Gasteiger partial charge in [0.2, 0.25) is 5.91 Å². The minimum absolute atomic E-state index is 0.0142. The second-order valence-corrected chi connectivity index (χ2v) is 7.59. The summed E-state index contributed by atoms with van der Waals surface area (Å²) in [6, 6.07) is 5.87. The van der Waals surface area contributed by atoms with Gasteiger partial charge in [-0.3, -0.25) is 19.8 Å². The number of nitrogens with one attached hydrogen (secondary N) is 1. The first-order valence-electron chi connectivity index (χ1n) is 9.11. The van der Waals surface area contributed by atoms with Gasteiger partial charge in [0.1, 0.15) is 5.00 Å². The lowest BCUT2D eigenvalue weighted by Crippen LogP contribution is -2.29. The number of fused-ring (bicyclic) bond motifs is 1. The number of nitrogens with zero attached hydrogens (tertiary/aromatic N) is 2. The summed E-state index contributed by atoms with van der Waals surface area (Å²) < 4.78 is 4.93. The normalized spacial score (nSPS) is 13.9. The van der Waals surface area contributed by atoms with Gasteiger partial charge in [-0.15, -0.1) is 11.3 Å². The number of nitro benzene ring substituents is 1. The maximum absolute atomic E-state index is 12.4. The molecule has 1 aliphatic rings. The number of methoxy groups -OCH3 is 1. The summed E-state index contributed by atoms with van der Waals surface area (Å²) in [6.07, 6.45) is 3.63. The van der Waals surface area contributed by atoms with Crippen LogP contribution in [-0.2, 0) is 22.5 Å². The lowest BCUT2D eigenvalue weighted by molar-refractivity contribution is -0.384. The van der Waals surface area contributed by atoms with Gasteiger partial charge >= 0.3 is 5.97 Å². The minimum Gasteiger partial charge on any atom is -0.465 e. The van der Waals surface area contributed by atoms with E-state index in [9.17, 15) is 19.7 Å². The number of anilines is 1. The summed E-state index contributed by atoms with van der Waals surface area (Å²) in [4.78, 5) is 38.3. The Morgan fingerprint density at radius 1 is 1.34 bits per heavy atom. The maximum atomic E-state index is 12.4. The summed E-state index contributed by atoms with van der Waals surface area (Å²) in [5, 5.41) is 14.0. The summed E-state index contributed by atoms with van der Waals surface area (Å²) in [7, 11) is 1.33. The predicted molar refractivity (Wildman–Crippen MR) is 111 cm³/mol. The third-order valence-corrected chi connectivity index (χ3v) is 5.87. The zero-order valence-corrected chi connectivity index (χ0v) is 17.0. The predicted octanol–water partition coefficient (Wildman–Crippen LogP) is 3.47. The zero-order valence-electron chi connectivity index (χ0n) is 16.1. The van der Waals surface area contributed by atoms with Gasteiger partial charge in [0.05, 0.1) is 17.6 Å². The molecule has 0 unspecified atom stereocenters.